The van der Waals surface area contributed by atoms with E-state index in [1.165, 1.54) is 6.21 Å². The first kappa shape index (κ1) is 14.6. The summed E-state index contributed by atoms with van der Waals surface area (Å²) in [4.78, 5) is 11.6. The second kappa shape index (κ2) is 7.09. The number of amides is 1. The molecular weight excluding hydrogens is 369 g/mol. The third kappa shape index (κ3) is 4.37. The zero-order valence-corrected chi connectivity index (χ0v) is 13.0. The fourth-order valence-electron chi connectivity index (χ4n) is 1.55. The minimum Gasteiger partial charge on any atom is -0.449 e. The highest BCUT2D eigenvalue weighted by atomic mass is 127. The number of furan rings is 1. The van der Waals surface area contributed by atoms with Crippen molar-refractivity contribution in [1.82, 2.24) is 5.43 Å². The third-order valence-electron chi connectivity index (χ3n) is 2.56. The maximum atomic E-state index is 11.6. The number of aryl methyl sites for hydroxylation is 1. The Hall–Kier alpha value is -1.83. The predicted octanol–water partition coefficient (Wildman–Crippen LogP) is 2.75. The van der Waals surface area contributed by atoms with Crippen LogP contribution in [0.3, 0.4) is 0 Å². The zero-order valence-electron chi connectivity index (χ0n) is 10.9. The van der Waals surface area contributed by atoms with Crippen molar-refractivity contribution in [3.63, 3.8) is 0 Å². The van der Waals surface area contributed by atoms with Crippen LogP contribution >= 0.6 is 22.6 Å². The number of para-hydroxylation sites is 1. The summed E-state index contributed by atoms with van der Waals surface area (Å²) in [6.45, 7) is 2.15. The molecule has 0 unspecified atom stereocenters. The van der Waals surface area contributed by atoms with Crippen molar-refractivity contribution in [2.75, 3.05) is 11.9 Å². The summed E-state index contributed by atoms with van der Waals surface area (Å²) in [5, 5.41) is 6.88. The van der Waals surface area contributed by atoms with Gasteiger partial charge in [-0.2, -0.15) is 5.10 Å². The molecule has 0 spiro atoms. The minimum absolute atomic E-state index is 0.165. The van der Waals surface area contributed by atoms with Crippen LogP contribution in [0.1, 0.15) is 11.3 Å². The molecule has 0 radical (unpaired) electrons. The number of benzene rings is 1. The van der Waals surface area contributed by atoms with Gasteiger partial charge in [-0.05, 0) is 53.3 Å². The molecule has 0 aliphatic rings. The molecule has 0 saturated carbocycles. The van der Waals surface area contributed by atoms with Crippen LogP contribution in [0.15, 0.2) is 45.9 Å². The molecule has 1 aromatic heterocycles. The Morgan fingerprint density at radius 2 is 2.15 bits per heavy atom. The Morgan fingerprint density at radius 1 is 1.35 bits per heavy atom. The van der Waals surface area contributed by atoms with Gasteiger partial charge in [-0.25, -0.2) is 5.43 Å². The monoisotopic (exact) mass is 383 g/mol. The molecule has 2 N–H and O–H groups in total. The van der Waals surface area contributed by atoms with Gasteiger partial charge in [0.25, 0.3) is 5.91 Å². The number of nitrogens with zero attached hydrogens (tertiary/aromatic N) is 1. The van der Waals surface area contributed by atoms with E-state index in [4.69, 9.17) is 4.42 Å². The number of hydrogen-bond acceptors (Lipinski definition) is 4. The molecule has 1 heterocycles. The first-order valence-electron chi connectivity index (χ1n) is 6.02. The molecule has 1 aromatic carbocycles. The summed E-state index contributed by atoms with van der Waals surface area (Å²) in [6, 6.07) is 11.4. The van der Waals surface area contributed by atoms with E-state index in [0.717, 1.165) is 15.0 Å². The molecule has 1 amide bonds. The highest BCUT2D eigenvalue weighted by Gasteiger charge is 2.01. The van der Waals surface area contributed by atoms with Gasteiger partial charge in [0.05, 0.1) is 12.8 Å². The van der Waals surface area contributed by atoms with E-state index in [1.807, 2.05) is 37.3 Å². The van der Waals surface area contributed by atoms with Gasteiger partial charge in [0.15, 0.2) is 3.77 Å². The zero-order chi connectivity index (χ0) is 14.4. The molecule has 0 bridgehead atoms. The Bertz CT molecular complexity index is 622. The minimum atomic E-state index is -0.217. The van der Waals surface area contributed by atoms with Gasteiger partial charge in [0, 0.05) is 5.69 Å². The molecule has 20 heavy (non-hydrogen) atoms. The summed E-state index contributed by atoms with van der Waals surface area (Å²) < 4.78 is 6.06. The van der Waals surface area contributed by atoms with Gasteiger partial charge in [0.1, 0.15) is 5.76 Å². The fourth-order valence-corrected chi connectivity index (χ4v) is 1.99. The summed E-state index contributed by atoms with van der Waals surface area (Å²) in [6.07, 6.45) is 1.47. The molecule has 5 nitrogen and oxygen atoms in total. The second-order valence-corrected chi connectivity index (χ2v) is 5.17. The first-order valence-corrected chi connectivity index (χ1v) is 7.10. The number of halogens is 1. The van der Waals surface area contributed by atoms with Crippen molar-refractivity contribution in [3.05, 3.63) is 51.5 Å². The van der Waals surface area contributed by atoms with Crippen molar-refractivity contribution < 1.29 is 9.21 Å². The van der Waals surface area contributed by atoms with Crippen LogP contribution in [-0.4, -0.2) is 18.7 Å². The summed E-state index contributed by atoms with van der Waals surface area (Å²) in [5.74, 6) is 0.382. The number of hydrogen-bond donors (Lipinski definition) is 2. The SMILES string of the molecule is Cc1ccccc1NCC(=O)N/N=C/c1ccc(I)o1. The van der Waals surface area contributed by atoms with E-state index in [0.29, 0.717) is 5.76 Å². The van der Waals surface area contributed by atoms with Crippen molar-refractivity contribution in [1.29, 1.82) is 0 Å². The molecule has 0 atom stereocenters. The van der Waals surface area contributed by atoms with E-state index >= 15 is 0 Å². The lowest BCUT2D eigenvalue weighted by Crippen LogP contribution is -2.26. The average molecular weight is 383 g/mol. The average Bonchev–Trinajstić information content (AvgIpc) is 2.83. The Balaban J connectivity index is 1.78. The van der Waals surface area contributed by atoms with Gasteiger partial charge in [0.2, 0.25) is 0 Å². The lowest BCUT2D eigenvalue weighted by molar-refractivity contribution is -0.119. The fraction of sp³-hybridized carbons (Fsp3) is 0.143. The quantitative estimate of drug-likeness (QED) is 0.474. The number of carbonyl (C=O) groups excluding carboxylic acids is 1. The molecule has 0 aliphatic carbocycles. The summed E-state index contributed by atoms with van der Waals surface area (Å²) in [7, 11) is 0. The van der Waals surface area contributed by atoms with Crippen LogP contribution in [0, 0.1) is 10.7 Å². The van der Waals surface area contributed by atoms with Crippen LogP contribution < -0.4 is 10.7 Å². The summed E-state index contributed by atoms with van der Waals surface area (Å²) in [5.41, 5.74) is 4.46. The largest absolute Gasteiger partial charge is 0.449 e. The second-order valence-electron chi connectivity index (χ2n) is 4.10. The van der Waals surface area contributed by atoms with Crippen LogP contribution in [0.2, 0.25) is 0 Å². The summed E-state index contributed by atoms with van der Waals surface area (Å²) >= 11 is 2.06. The Kier molecular flexibility index (Phi) is 5.16. The first-order chi connectivity index (χ1) is 9.65. The van der Waals surface area contributed by atoms with Crippen molar-refractivity contribution >= 4 is 40.4 Å². The Morgan fingerprint density at radius 3 is 2.85 bits per heavy atom. The lowest BCUT2D eigenvalue weighted by atomic mass is 10.2. The van der Waals surface area contributed by atoms with E-state index in [-0.39, 0.29) is 12.5 Å². The normalized spacial score (nSPS) is 10.7. The molecule has 6 heteroatoms. The van der Waals surface area contributed by atoms with Crippen molar-refractivity contribution in [2.45, 2.75) is 6.92 Å². The van der Waals surface area contributed by atoms with Gasteiger partial charge >= 0.3 is 0 Å². The van der Waals surface area contributed by atoms with Gasteiger partial charge in [-0.1, -0.05) is 18.2 Å². The maximum absolute atomic E-state index is 11.6. The van der Waals surface area contributed by atoms with E-state index in [1.54, 1.807) is 6.07 Å². The lowest BCUT2D eigenvalue weighted by Gasteiger charge is -2.07. The van der Waals surface area contributed by atoms with Gasteiger partial charge < -0.3 is 9.73 Å². The number of hydrazone groups is 1. The predicted molar refractivity (Wildman–Crippen MR) is 86.8 cm³/mol. The highest BCUT2D eigenvalue weighted by Crippen LogP contribution is 2.12. The van der Waals surface area contributed by atoms with E-state index in [9.17, 15) is 4.79 Å². The molecule has 2 rings (SSSR count). The van der Waals surface area contributed by atoms with Gasteiger partial charge in [-0.3, -0.25) is 4.79 Å². The van der Waals surface area contributed by atoms with E-state index < -0.39 is 0 Å². The number of nitrogens with one attached hydrogen (secondary N) is 2. The standard InChI is InChI=1S/C14H14IN3O2/c1-10-4-2-3-5-12(10)16-9-14(19)18-17-8-11-6-7-13(15)20-11/h2-8,16H,9H2,1H3,(H,18,19)/b17-8+. The van der Waals surface area contributed by atoms with Crippen molar-refractivity contribution in [3.8, 4) is 0 Å². The van der Waals surface area contributed by atoms with Gasteiger partial charge in [-0.15, -0.1) is 0 Å². The number of carbonyl (C=O) groups is 1. The van der Waals surface area contributed by atoms with Crippen LogP contribution in [0.5, 0.6) is 0 Å². The van der Waals surface area contributed by atoms with E-state index in [2.05, 4.69) is 38.4 Å². The van der Waals surface area contributed by atoms with Crippen LogP contribution in [-0.2, 0) is 4.79 Å². The van der Waals surface area contributed by atoms with Crippen LogP contribution in [0.25, 0.3) is 0 Å². The molecule has 0 aliphatic heterocycles. The smallest absolute Gasteiger partial charge is 0.259 e. The molecule has 2 aromatic rings. The third-order valence-corrected chi connectivity index (χ3v) is 3.14. The maximum Gasteiger partial charge on any atom is 0.259 e. The number of anilines is 1. The van der Waals surface area contributed by atoms with Crippen LogP contribution in [0.4, 0.5) is 5.69 Å². The molecule has 0 fully saturated rings. The molecule has 104 valence electrons. The molecule has 0 saturated heterocycles. The topological polar surface area (TPSA) is 66.6 Å². The highest BCUT2D eigenvalue weighted by molar-refractivity contribution is 14.1. The van der Waals surface area contributed by atoms with Crippen molar-refractivity contribution in [2.24, 2.45) is 5.10 Å². The number of rotatable bonds is 5. The molecular formula is C14H14IN3O2. The Labute approximate surface area is 130 Å².